The molecule has 23 heavy (non-hydrogen) atoms. The molecule has 3 rings (SSSR count). The third-order valence-electron chi connectivity index (χ3n) is 3.93. The minimum Gasteiger partial charge on any atom is -0.492 e. The van der Waals surface area contributed by atoms with E-state index in [1.54, 1.807) is 37.8 Å². The van der Waals surface area contributed by atoms with Crippen LogP contribution in [0.2, 0.25) is 5.02 Å². The van der Waals surface area contributed by atoms with Crippen molar-refractivity contribution in [3.8, 4) is 11.6 Å². The van der Waals surface area contributed by atoms with Crippen LogP contribution in [0.4, 0.5) is 5.95 Å². The molecule has 2 aromatic rings. The van der Waals surface area contributed by atoms with E-state index in [1.165, 1.54) is 0 Å². The molecule has 0 aromatic carbocycles. The second kappa shape index (κ2) is 7.46. The molecule has 0 spiro atoms. The molecule has 2 aromatic heterocycles. The van der Waals surface area contributed by atoms with Crippen molar-refractivity contribution in [2.75, 3.05) is 31.7 Å². The summed E-state index contributed by atoms with van der Waals surface area (Å²) in [5, 5.41) is 0.551. The Morgan fingerprint density at radius 3 is 2.83 bits per heavy atom. The van der Waals surface area contributed by atoms with E-state index in [-0.39, 0.29) is 0 Å². The van der Waals surface area contributed by atoms with Crippen LogP contribution in [0.5, 0.6) is 11.6 Å². The second-order valence-electron chi connectivity index (χ2n) is 5.45. The number of ether oxygens (including phenoxy) is 2. The number of aromatic nitrogens is 3. The van der Waals surface area contributed by atoms with Gasteiger partial charge in [0.05, 0.1) is 13.7 Å². The summed E-state index contributed by atoms with van der Waals surface area (Å²) in [6, 6.07) is 3.55. The zero-order valence-corrected chi connectivity index (χ0v) is 13.7. The molecular weight excluding hydrogens is 316 g/mol. The highest BCUT2D eigenvalue weighted by molar-refractivity contribution is 6.31. The van der Waals surface area contributed by atoms with Crippen LogP contribution in [0.1, 0.15) is 12.8 Å². The molecule has 1 aliphatic heterocycles. The van der Waals surface area contributed by atoms with Crippen molar-refractivity contribution in [2.45, 2.75) is 12.8 Å². The maximum absolute atomic E-state index is 6.05. The van der Waals surface area contributed by atoms with E-state index in [1.807, 2.05) is 0 Å². The van der Waals surface area contributed by atoms with E-state index in [0.29, 0.717) is 29.2 Å². The summed E-state index contributed by atoms with van der Waals surface area (Å²) in [4.78, 5) is 14.8. The lowest BCUT2D eigenvalue weighted by atomic mass is 9.98. The van der Waals surface area contributed by atoms with Crippen molar-refractivity contribution in [1.82, 2.24) is 15.0 Å². The fourth-order valence-corrected chi connectivity index (χ4v) is 2.76. The van der Waals surface area contributed by atoms with Gasteiger partial charge in [0.2, 0.25) is 11.8 Å². The lowest BCUT2D eigenvalue weighted by Gasteiger charge is -2.31. The number of rotatable bonds is 5. The molecule has 6 nitrogen and oxygen atoms in total. The van der Waals surface area contributed by atoms with Gasteiger partial charge in [0, 0.05) is 43.8 Å². The summed E-state index contributed by atoms with van der Waals surface area (Å²) in [7, 11) is 1.61. The highest BCUT2D eigenvalue weighted by Crippen LogP contribution is 2.26. The number of hydrogen-bond donors (Lipinski definition) is 0. The molecule has 122 valence electrons. The Hall–Kier alpha value is -2.08. The average molecular weight is 335 g/mol. The highest BCUT2D eigenvalue weighted by atomic mass is 35.5. The Morgan fingerprint density at radius 1 is 1.26 bits per heavy atom. The quantitative estimate of drug-likeness (QED) is 0.838. The molecule has 1 aliphatic rings. The van der Waals surface area contributed by atoms with Crippen molar-refractivity contribution in [2.24, 2.45) is 5.92 Å². The molecule has 3 heterocycles. The van der Waals surface area contributed by atoms with Crippen molar-refractivity contribution in [3.05, 3.63) is 35.7 Å². The monoisotopic (exact) mass is 334 g/mol. The first-order chi connectivity index (χ1) is 11.3. The van der Waals surface area contributed by atoms with E-state index in [0.717, 1.165) is 31.9 Å². The maximum atomic E-state index is 6.05. The summed E-state index contributed by atoms with van der Waals surface area (Å²) in [6.07, 6.45) is 7.07. The molecule has 0 atom stereocenters. The minimum atomic E-state index is 0.501. The fraction of sp³-hybridized carbons (Fsp3) is 0.438. The number of anilines is 1. The first-order valence-electron chi connectivity index (χ1n) is 7.60. The number of halogens is 1. The van der Waals surface area contributed by atoms with Crippen molar-refractivity contribution in [1.29, 1.82) is 0 Å². The lowest BCUT2D eigenvalue weighted by molar-refractivity contribution is 0.222. The molecule has 0 amide bonds. The Balaban J connectivity index is 1.51. The van der Waals surface area contributed by atoms with Gasteiger partial charge in [-0.3, -0.25) is 4.98 Å². The van der Waals surface area contributed by atoms with Gasteiger partial charge in [-0.1, -0.05) is 11.6 Å². The Kier molecular flexibility index (Phi) is 5.12. The summed E-state index contributed by atoms with van der Waals surface area (Å²) < 4.78 is 11.0. The highest BCUT2D eigenvalue weighted by Gasteiger charge is 2.22. The molecule has 7 heteroatoms. The van der Waals surface area contributed by atoms with Crippen LogP contribution >= 0.6 is 11.6 Å². The van der Waals surface area contributed by atoms with Gasteiger partial charge in [-0.25, -0.2) is 4.98 Å². The first-order valence-corrected chi connectivity index (χ1v) is 7.98. The molecule has 1 saturated heterocycles. The predicted molar refractivity (Wildman–Crippen MR) is 88.3 cm³/mol. The predicted octanol–water partition coefficient (Wildman–Crippen LogP) is 2.83. The second-order valence-corrected chi connectivity index (χ2v) is 5.85. The zero-order valence-electron chi connectivity index (χ0n) is 13.0. The number of methoxy groups -OCH3 is 1. The molecule has 0 aliphatic carbocycles. The van der Waals surface area contributed by atoms with Crippen LogP contribution in [0.15, 0.2) is 30.7 Å². The molecule has 0 N–H and O–H groups in total. The largest absolute Gasteiger partial charge is 0.492 e. The Bertz CT molecular complexity index is 647. The summed E-state index contributed by atoms with van der Waals surface area (Å²) in [5.41, 5.74) is 0. The number of nitrogens with zero attached hydrogens (tertiary/aromatic N) is 4. The third kappa shape index (κ3) is 4.01. The smallest absolute Gasteiger partial charge is 0.228 e. The molecule has 0 saturated carbocycles. The van der Waals surface area contributed by atoms with Crippen LogP contribution in [0.3, 0.4) is 0 Å². The zero-order chi connectivity index (χ0) is 16.1. The van der Waals surface area contributed by atoms with Gasteiger partial charge in [0.15, 0.2) is 0 Å². The molecule has 0 radical (unpaired) electrons. The van der Waals surface area contributed by atoms with Crippen molar-refractivity contribution >= 4 is 17.5 Å². The normalized spacial score (nSPS) is 15.5. The number of pyridine rings is 1. The third-order valence-corrected chi connectivity index (χ3v) is 4.22. The molecule has 0 unspecified atom stereocenters. The summed E-state index contributed by atoms with van der Waals surface area (Å²) in [5.74, 6) is 2.51. The number of hydrogen-bond acceptors (Lipinski definition) is 6. The van der Waals surface area contributed by atoms with Gasteiger partial charge in [0.25, 0.3) is 0 Å². The van der Waals surface area contributed by atoms with E-state index in [2.05, 4.69) is 19.9 Å². The molecule has 1 fully saturated rings. The molecule has 0 bridgehead atoms. The SMILES string of the molecule is COc1ccnc(N2CCC(COc3ccncc3Cl)CC2)n1. The lowest BCUT2D eigenvalue weighted by Crippen LogP contribution is -2.36. The standard InChI is InChI=1S/C16H19ClN4O2/c1-22-15-3-7-19-16(20-15)21-8-4-12(5-9-21)11-23-14-2-6-18-10-13(14)17/h2-3,6-7,10,12H,4-5,8-9,11H2,1H3. The van der Waals surface area contributed by atoms with Crippen LogP contribution in [-0.4, -0.2) is 41.8 Å². The van der Waals surface area contributed by atoms with Gasteiger partial charge in [-0.15, -0.1) is 0 Å². The van der Waals surface area contributed by atoms with E-state index in [9.17, 15) is 0 Å². The van der Waals surface area contributed by atoms with Gasteiger partial charge >= 0.3 is 0 Å². The number of piperidine rings is 1. The Labute approximate surface area is 140 Å². The van der Waals surface area contributed by atoms with Gasteiger partial charge in [-0.05, 0) is 18.8 Å². The average Bonchev–Trinajstić information content (AvgIpc) is 2.61. The maximum Gasteiger partial charge on any atom is 0.228 e. The molecular formula is C16H19ClN4O2. The minimum absolute atomic E-state index is 0.501. The summed E-state index contributed by atoms with van der Waals surface area (Å²) in [6.45, 7) is 2.48. The Morgan fingerprint density at radius 2 is 2.09 bits per heavy atom. The van der Waals surface area contributed by atoms with Crippen LogP contribution in [0.25, 0.3) is 0 Å². The van der Waals surface area contributed by atoms with E-state index < -0.39 is 0 Å². The fourth-order valence-electron chi connectivity index (χ4n) is 2.59. The van der Waals surface area contributed by atoms with Crippen LogP contribution < -0.4 is 14.4 Å². The van der Waals surface area contributed by atoms with Crippen molar-refractivity contribution in [3.63, 3.8) is 0 Å². The first kappa shape index (κ1) is 15.8. The topological polar surface area (TPSA) is 60.4 Å². The van der Waals surface area contributed by atoms with Crippen LogP contribution in [0, 0.1) is 5.92 Å². The van der Waals surface area contributed by atoms with Gasteiger partial charge < -0.3 is 14.4 Å². The van der Waals surface area contributed by atoms with E-state index in [4.69, 9.17) is 21.1 Å². The van der Waals surface area contributed by atoms with Crippen molar-refractivity contribution < 1.29 is 9.47 Å². The van der Waals surface area contributed by atoms with Gasteiger partial charge in [-0.2, -0.15) is 4.98 Å². The van der Waals surface area contributed by atoms with E-state index >= 15 is 0 Å². The van der Waals surface area contributed by atoms with Gasteiger partial charge in [0.1, 0.15) is 10.8 Å². The summed E-state index contributed by atoms with van der Waals surface area (Å²) >= 11 is 6.05. The van der Waals surface area contributed by atoms with Crippen LogP contribution in [-0.2, 0) is 0 Å².